The van der Waals surface area contributed by atoms with Crippen molar-refractivity contribution in [3.8, 4) is 0 Å². The summed E-state index contributed by atoms with van der Waals surface area (Å²) in [5.74, 6) is 1.46. The Balaban J connectivity index is 1.28. The van der Waals surface area contributed by atoms with E-state index in [1.54, 1.807) is 6.20 Å². The van der Waals surface area contributed by atoms with Gasteiger partial charge in [-0.25, -0.2) is 9.78 Å². The van der Waals surface area contributed by atoms with E-state index < -0.39 is 17.6 Å². The quantitative estimate of drug-likeness (QED) is 0.124. The third-order valence-corrected chi connectivity index (χ3v) is 11.4. The van der Waals surface area contributed by atoms with Gasteiger partial charge in [-0.1, -0.05) is 44.2 Å². The number of carbonyl (C=O) groups excluding carboxylic acids is 1. The van der Waals surface area contributed by atoms with Crippen LogP contribution in [-0.2, 0) is 14.3 Å². The Morgan fingerprint density at radius 3 is 2.62 bits per heavy atom. The van der Waals surface area contributed by atoms with Gasteiger partial charge in [-0.05, 0) is 93.3 Å². The lowest BCUT2D eigenvalue weighted by Gasteiger charge is -2.61. The number of aliphatic hydroxyl groups is 2. The van der Waals surface area contributed by atoms with Gasteiger partial charge in [0.05, 0.1) is 43.1 Å². The van der Waals surface area contributed by atoms with Crippen molar-refractivity contribution in [1.82, 2.24) is 9.88 Å². The Hall–Kier alpha value is -3.57. The molecule has 3 fully saturated rings. The van der Waals surface area contributed by atoms with Crippen molar-refractivity contribution in [2.45, 2.75) is 63.7 Å². The Bertz CT molecular complexity index is 1540. The van der Waals surface area contributed by atoms with E-state index in [1.807, 2.05) is 75.6 Å². The first-order valence-electron chi connectivity index (χ1n) is 16.8. The number of ether oxygens (including phenoxy) is 2. The number of aromatic nitrogens is 1. The number of aliphatic imine (C=N–C) groups is 1. The average molecular weight is 644 g/mol. The number of amidine groups is 1. The molecule has 1 aromatic carbocycles. The van der Waals surface area contributed by atoms with Gasteiger partial charge in [0.2, 0.25) is 0 Å². The number of nitrogens with zero attached hydrogens (tertiary/aromatic N) is 3. The number of esters is 1. The molecule has 2 aliphatic heterocycles. The van der Waals surface area contributed by atoms with Crippen LogP contribution in [0.25, 0.3) is 6.08 Å². The van der Waals surface area contributed by atoms with Crippen molar-refractivity contribution in [3.05, 3.63) is 77.2 Å². The number of rotatable bonds is 11. The van der Waals surface area contributed by atoms with Crippen molar-refractivity contribution in [2.24, 2.45) is 33.4 Å². The van der Waals surface area contributed by atoms with E-state index in [0.29, 0.717) is 49.0 Å². The van der Waals surface area contributed by atoms with Crippen LogP contribution in [0.3, 0.4) is 0 Å². The van der Waals surface area contributed by atoms with E-state index in [2.05, 4.69) is 27.1 Å². The normalized spacial score (nSPS) is 33.5. The number of nitrogens with two attached hydrogens (primary N) is 1. The molecular formula is C37H49N5O5. The van der Waals surface area contributed by atoms with E-state index in [1.165, 1.54) is 0 Å². The van der Waals surface area contributed by atoms with Crippen LogP contribution in [0.4, 0.5) is 5.82 Å². The van der Waals surface area contributed by atoms with Crippen LogP contribution in [0.5, 0.6) is 0 Å². The summed E-state index contributed by atoms with van der Waals surface area (Å²) < 4.78 is 12.1. The average Bonchev–Trinajstić information content (AvgIpc) is 3.74. The summed E-state index contributed by atoms with van der Waals surface area (Å²) in [4.78, 5) is 24.6. The number of nitrogens with one attached hydrogen (secondary N) is 1. The highest BCUT2D eigenvalue weighted by atomic mass is 16.6. The molecule has 3 heterocycles. The number of anilines is 1. The van der Waals surface area contributed by atoms with Gasteiger partial charge in [0.25, 0.3) is 0 Å². The molecule has 10 heteroatoms. The fourth-order valence-electron chi connectivity index (χ4n) is 8.54. The minimum Gasteiger partial charge on any atom is -0.423 e. The van der Waals surface area contributed by atoms with E-state index in [4.69, 9.17) is 15.2 Å². The highest BCUT2D eigenvalue weighted by molar-refractivity contribution is 5.98. The molecule has 0 radical (unpaired) electrons. The molecule has 1 spiro atoms. The van der Waals surface area contributed by atoms with Crippen LogP contribution in [0, 0.1) is 22.7 Å². The molecule has 10 nitrogen and oxygen atoms in total. The summed E-state index contributed by atoms with van der Waals surface area (Å²) in [5.41, 5.74) is 7.40. The Morgan fingerprint density at radius 1 is 1.19 bits per heavy atom. The van der Waals surface area contributed by atoms with Crippen molar-refractivity contribution in [1.29, 1.82) is 0 Å². The minimum atomic E-state index is -0.592. The second kappa shape index (κ2) is 13.1. The van der Waals surface area contributed by atoms with Gasteiger partial charge in [0.1, 0.15) is 17.4 Å². The number of carbonyl (C=O) groups is 1. The minimum absolute atomic E-state index is 0.0624. The van der Waals surface area contributed by atoms with Gasteiger partial charge >= 0.3 is 5.97 Å². The number of likely N-dealkylation sites (N-methyl/N-ethyl adjacent to an activating group) is 1. The zero-order valence-corrected chi connectivity index (χ0v) is 28.0. The van der Waals surface area contributed by atoms with E-state index >= 15 is 0 Å². The lowest BCUT2D eigenvalue weighted by atomic mass is 9.44. The molecular weight excluding hydrogens is 594 g/mol. The molecule has 2 aromatic rings. The Kier molecular flexibility index (Phi) is 9.32. The molecule has 5 N–H and O–H groups in total. The monoisotopic (exact) mass is 643 g/mol. The lowest BCUT2D eigenvalue weighted by molar-refractivity contribution is -0.177. The number of epoxide rings is 1. The number of hydrogen-bond acceptors (Lipinski definition) is 9. The first-order valence-corrected chi connectivity index (χ1v) is 16.8. The lowest BCUT2D eigenvalue weighted by Crippen LogP contribution is -2.61. The summed E-state index contributed by atoms with van der Waals surface area (Å²) >= 11 is 0. The van der Waals surface area contributed by atoms with Crippen LogP contribution >= 0.6 is 0 Å². The molecule has 6 rings (SSSR count). The topological polar surface area (TPSA) is 146 Å². The summed E-state index contributed by atoms with van der Waals surface area (Å²) in [6, 6.07) is 13.0. The van der Waals surface area contributed by atoms with Crippen molar-refractivity contribution >= 4 is 23.7 Å². The van der Waals surface area contributed by atoms with Crippen LogP contribution in [0.15, 0.2) is 71.1 Å². The second-order valence-electron chi connectivity index (χ2n) is 14.6. The molecule has 47 heavy (non-hydrogen) atoms. The van der Waals surface area contributed by atoms with Crippen LogP contribution < -0.4 is 11.1 Å². The molecule has 1 saturated heterocycles. The predicted octanol–water partition coefficient (Wildman–Crippen LogP) is 4.00. The maximum absolute atomic E-state index is 13.5. The van der Waals surface area contributed by atoms with E-state index in [9.17, 15) is 15.0 Å². The van der Waals surface area contributed by atoms with Crippen LogP contribution in [0.1, 0.15) is 57.1 Å². The van der Waals surface area contributed by atoms with Gasteiger partial charge in [0, 0.05) is 23.7 Å². The number of pyridine rings is 1. The van der Waals surface area contributed by atoms with Gasteiger partial charge in [-0.3, -0.25) is 4.99 Å². The summed E-state index contributed by atoms with van der Waals surface area (Å²) in [5, 5.41) is 25.1. The standard InChI is InChI=1S/C37H49N5O5/c1-35-14-13-31(44)36(2,22-43)29(35)12-15-37(23-46-37)30(35)21-28(41-32-7-5-6-16-39-32)27-20-26(47-34(27)45)19-24-8-10-25(11-9-24)33(38)40-17-18-42(3)4/h5-11,16,19-20,28-31,43-44H,12-15,17-18,21-23H2,1-4H3,(H2,38,40)(H,39,41)/t28?,29?,30?,31-,35+,36+,37?/m1/s1. The summed E-state index contributed by atoms with van der Waals surface area (Å²) in [6.45, 7) is 6.40. The van der Waals surface area contributed by atoms with Gasteiger partial charge < -0.3 is 35.6 Å². The smallest absolute Gasteiger partial charge is 0.341 e. The van der Waals surface area contributed by atoms with E-state index in [-0.39, 0.29) is 35.4 Å². The Labute approximate surface area is 277 Å². The molecule has 4 aliphatic rings. The molecule has 0 amide bonds. The van der Waals surface area contributed by atoms with Gasteiger partial charge in [-0.15, -0.1) is 0 Å². The molecule has 2 saturated carbocycles. The molecule has 2 aliphatic carbocycles. The van der Waals surface area contributed by atoms with Crippen molar-refractivity contribution < 1.29 is 24.5 Å². The largest absolute Gasteiger partial charge is 0.423 e. The number of benzene rings is 1. The highest BCUT2D eigenvalue weighted by Crippen LogP contribution is 2.66. The van der Waals surface area contributed by atoms with Gasteiger partial charge in [0.15, 0.2) is 0 Å². The maximum Gasteiger partial charge on any atom is 0.341 e. The Morgan fingerprint density at radius 2 is 1.96 bits per heavy atom. The fraction of sp³-hybridized carbons (Fsp3) is 0.541. The number of allylic oxidation sites excluding steroid dienone is 1. The summed E-state index contributed by atoms with van der Waals surface area (Å²) in [6.07, 6.45) is 8.70. The number of cyclic esters (lactones) is 1. The number of aliphatic hydroxyl groups excluding tert-OH is 2. The second-order valence-corrected chi connectivity index (χ2v) is 14.6. The highest BCUT2D eigenvalue weighted by Gasteiger charge is 2.67. The van der Waals surface area contributed by atoms with Crippen molar-refractivity contribution in [2.75, 3.05) is 45.7 Å². The van der Waals surface area contributed by atoms with Crippen LogP contribution in [0.2, 0.25) is 0 Å². The third kappa shape index (κ3) is 6.61. The predicted molar refractivity (Wildman–Crippen MR) is 182 cm³/mol. The van der Waals surface area contributed by atoms with Crippen molar-refractivity contribution in [3.63, 3.8) is 0 Å². The molecule has 1 aromatic heterocycles. The zero-order chi connectivity index (χ0) is 33.4. The van der Waals surface area contributed by atoms with Crippen LogP contribution in [-0.4, -0.2) is 90.0 Å². The molecule has 252 valence electrons. The maximum atomic E-state index is 13.5. The third-order valence-electron chi connectivity index (χ3n) is 11.4. The number of fused-ring (bicyclic) bond motifs is 1. The fourth-order valence-corrected chi connectivity index (χ4v) is 8.54. The van der Waals surface area contributed by atoms with E-state index in [0.717, 1.165) is 36.9 Å². The summed E-state index contributed by atoms with van der Waals surface area (Å²) in [7, 11) is 4.00. The number of hydrogen-bond donors (Lipinski definition) is 4. The van der Waals surface area contributed by atoms with Gasteiger partial charge in [-0.2, -0.15) is 0 Å². The SMILES string of the molecule is CN(C)CCN=C(N)c1ccc(C=C2C=C(C(CC3C4(CCC5[C@]3(C)CC[C@@H](O)[C@@]5(C)CO)CO4)Nc3ccccn3)C(=O)O2)cc1. The molecule has 7 atom stereocenters. The first kappa shape index (κ1) is 33.3. The molecule has 0 bridgehead atoms. The first-order chi connectivity index (χ1) is 22.5. The molecule has 4 unspecified atom stereocenters. The zero-order valence-electron chi connectivity index (χ0n) is 28.0.